The van der Waals surface area contributed by atoms with Crippen molar-refractivity contribution >= 4 is 33.5 Å². The number of ether oxygens (including phenoxy) is 3. The van der Waals surface area contributed by atoms with Crippen molar-refractivity contribution in [3.8, 4) is 28.5 Å². The summed E-state index contributed by atoms with van der Waals surface area (Å²) in [4.78, 5) is 5.12. The van der Waals surface area contributed by atoms with Crippen LogP contribution in [-0.4, -0.2) is 39.3 Å². The SMILES string of the molecule is CN=c1scc(-c2ccccc2Br)n1N=Cc1cc(OC)c(OC)cc1OC. The van der Waals surface area contributed by atoms with Crippen LogP contribution in [-0.2, 0) is 0 Å². The maximum atomic E-state index is 5.48. The third kappa shape index (κ3) is 3.98. The van der Waals surface area contributed by atoms with E-state index in [1.807, 2.05) is 35.7 Å². The molecule has 6 nitrogen and oxygen atoms in total. The third-order valence-electron chi connectivity index (χ3n) is 4.07. The molecule has 0 aliphatic rings. The van der Waals surface area contributed by atoms with Crippen molar-refractivity contribution in [3.63, 3.8) is 0 Å². The Morgan fingerprint density at radius 1 is 1.00 bits per heavy atom. The standard InChI is InChI=1S/C20H20BrN3O3S/c1-22-20-24(16(12-28-20)14-7-5-6-8-15(14)21)23-11-13-9-18(26-3)19(27-4)10-17(13)25-2/h5-12H,1-4H3. The highest BCUT2D eigenvalue weighted by atomic mass is 79.9. The quantitative estimate of drug-likeness (QED) is 0.510. The summed E-state index contributed by atoms with van der Waals surface area (Å²) in [6.45, 7) is 0. The first-order chi connectivity index (χ1) is 13.6. The largest absolute Gasteiger partial charge is 0.496 e. The number of hydrogen-bond acceptors (Lipinski definition) is 6. The Kier molecular flexibility index (Phi) is 6.53. The lowest BCUT2D eigenvalue weighted by molar-refractivity contribution is 0.349. The Bertz CT molecular complexity index is 1070. The second-order valence-electron chi connectivity index (χ2n) is 5.61. The fraction of sp³-hybridized carbons (Fsp3) is 0.200. The van der Waals surface area contributed by atoms with E-state index in [1.165, 1.54) is 11.3 Å². The van der Waals surface area contributed by atoms with Crippen molar-refractivity contribution in [3.05, 3.63) is 56.6 Å². The number of halogens is 1. The van der Waals surface area contributed by atoms with Gasteiger partial charge in [-0.15, -0.1) is 11.3 Å². The minimum atomic E-state index is 0.595. The zero-order chi connectivity index (χ0) is 20.1. The first-order valence-electron chi connectivity index (χ1n) is 8.35. The maximum Gasteiger partial charge on any atom is 0.205 e. The van der Waals surface area contributed by atoms with Gasteiger partial charge in [-0.2, -0.15) is 5.10 Å². The van der Waals surface area contributed by atoms with Crippen LogP contribution in [0.25, 0.3) is 11.3 Å². The second-order valence-corrected chi connectivity index (χ2v) is 7.30. The molecule has 1 heterocycles. The van der Waals surface area contributed by atoms with Crippen LogP contribution in [0, 0.1) is 0 Å². The topological polar surface area (TPSA) is 57.3 Å². The Hall–Kier alpha value is -2.58. The van der Waals surface area contributed by atoms with Gasteiger partial charge >= 0.3 is 0 Å². The van der Waals surface area contributed by atoms with Crippen LogP contribution in [0.1, 0.15) is 5.56 Å². The molecule has 0 aliphatic carbocycles. The lowest BCUT2D eigenvalue weighted by Crippen LogP contribution is -2.11. The molecule has 3 rings (SSSR count). The van der Waals surface area contributed by atoms with E-state index in [0.717, 1.165) is 26.1 Å². The van der Waals surface area contributed by atoms with E-state index in [4.69, 9.17) is 14.2 Å². The summed E-state index contributed by atoms with van der Waals surface area (Å²) in [6.07, 6.45) is 1.72. The van der Waals surface area contributed by atoms with Gasteiger partial charge in [0.1, 0.15) is 5.75 Å². The fourth-order valence-electron chi connectivity index (χ4n) is 2.69. The number of aromatic nitrogens is 1. The molecule has 0 saturated carbocycles. The van der Waals surface area contributed by atoms with Gasteiger partial charge in [-0.25, -0.2) is 4.68 Å². The summed E-state index contributed by atoms with van der Waals surface area (Å²) in [5, 5.41) is 6.71. The molecule has 146 valence electrons. The third-order valence-corrected chi connectivity index (χ3v) is 5.67. The number of thiazole rings is 1. The summed E-state index contributed by atoms with van der Waals surface area (Å²) >= 11 is 5.13. The van der Waals surface area contributed by atoms with Gasteiger partial charge < -0.3 is 14.2 Å². The summed E-state index contributed by atoms with van der Waals surface area (Å²) in [6, 6.07) is 11.6. The van der Waals surface area contributed by atoms with E-state index in [2.05, 4.69) is 26.0 Å². The predicted octanol–water partition coefficient (Wildman–Crippen LogP) is 4.42. The summed E-state index contributed by atoms with van der Waals surface area (Å²) in [7, 11) is 6.54. The first-order valence-corrected chi connectivity index (χ1v) is 10.0. The number of nitrogens with zero attached hydrogens (tertiary/aromatic N) is 3. The maximum absolute atomic E-state index is 5.48. The number of methoxy groups -OCH3 is 3. The molecule has 0 aliphatic heterocycles. The van der Waals surface area contributed by atoms with Gasteiger partial charge in [-0.05, 0) is 12.1 Å². The zero-order valence-electron chi connectivity index (χ0n) is 16.0. The molecule has 0 N–H and O–H groups in total. The molecule has 0 atom stereocenters. The summed E-state index contributed by atoms with van der Waals surface area (Å²) < 4.78 is 19.0. The van der Waals surface area contributed by atoms with Gasteiger partial charge in [0.25, 0.3) is 0 Å². The molecule has 0 spiro atoms. The highest BCUT2D eigenvalue weighted by Crippen LogP contribution is 2.34. The van der Waals surface area contributed by atoms with Crippen molar-refractivity contribution in [1.29, 1.82) is 0 Å². The van der Waals surface area contributed by atoms with E-state index in [0.29, 0.717) is 17.2 Å². The van der Waals surface area contributed by atoms with Crippen LogP contribution in [0.4, 0.5) is 0 Å². The van der Waals surface area contributed by atoms with Crippen LogP contribution >= 0.6 is 27.3 Å². The van der Waals surface area contributed by atoms with Crippen molar-refractivity contribution < 1.29 is 14.2 Å². The highest BCUT2D eigenvalue weighted by molar-refractivity contribution is 9.10. The molecule has 0 saturated heterocycles. The minimum Gasteiger partial charge on any atom is -0.496 e. The van der Waals surface area contributed by atoms with E-state index >= 15 is 0 Å². The lowest BCUT2D eigenvalue weighted by Gasteiger charge is -2.12. The van der Waals surface area contributed by atoms with Gasteiger partial charge in [0.05, 0.1) is 33.2 Å². The van der Waals surface area contributed by atoms with Gasteiger partial charge in [0, 0.05) is 34.1 Å². The van der Waals surface area contributed by atoms with Crippen LogP contribution in [0.15, 0.2) is 56.3 Å². The molecule has 0 unspecified atom stereocenters. The molecule has 1 aromatic heterocycles. The molecule has 0 amide bonds. The smallest absolute Gasteiger partial charge is 0.205 e. The Balaban J connectivity index is 2.11. The van der Waals surface area contributed by atoms with Crippen LogP contribution < -0.4 is 19.0 Å². The minimum absolute atomic E-state index is 0.595. The van der Waals surface area contributed by atoms with Crippen LogP contribution in [0.3, 0.4) is 0 Å². The first kappa shape index (κ1) is 20.2. The van der Waals surface area contributed by atoms with Crippen LogP contribution in [0.2, 0.25) is 0 Å². The molecule has 28 heavy (non-hydrogen) atoms. The lowest BCUT2D eigenvalue weighted by atomic mass is 10.2. The van der Waals surface area contributed by atoms with Crippen LogP contribution in [0.5, 0.6) is 17.2 Å². The van der Waals surface area contributed by atoms with Gasteiger partial charge in [0.15, 0.2) is 11.5 Å². The molecule has 3 aromatic rings. The van der Waals surface area contributed by atoms with E-state index in [9.17, 15) is 0 Å². The molecule has 0 fully saturated rings. The van der Waals surface area contributed by atoms with Crippen molar-refractivity contribution in [2.75, 3.05) is 28.4 Å². The predicted molar refractivity (Wildman–Crippen MR) is 116 cm³/mol. The van der Waals surface area contributed by atoms with Crippen molar-refractivity contribution in [2.45, 2.75) is 0 Å². The van der Waals surface area contributed by atoms with Gasteiger partial charge in [0.2, 0.25) is 4.80 Å². The van der Waals surface area contributed by atoms with E-state index in [1.54, 1.807) is 45.3 Å². The molecule has 8 heteroatoms. The van der Waals surface area contributed by atoms with E-state index in [-0.39, 0.29) is 0 Å². The van der Waals surface area contributed by atoms with Gasteiger partial charge in [-0.3, -0.25) is 4.99 Å². The Morgan fingerprint density at radius 3 is 2.32 bits per heavy atom. The second kappa shape index (κ2) is 9.07. The summed E-state index contributed by atoms with van der Waals surface area (Å²) in [5.41, 5.74) is 2.73. The van der Waals surface area contributed by atoms with Gasteiger partial charge in [-0.1, -0.05) is 34.1 Å². The average molecular weight is 462 g/mol. The zero-order valence-corrected chi connectivity index (χ0v) is 18.4. The summed E-state index contributed by atoms with van der Waals surface area (Å²) in [5.74, 6) is 1.83. The molecule has 0 radical (unpaired) electrons. The highest BCUT2D eigenvalue weighted by Gasteiger charge is 2.12. The van der Waals surface area contributed by atoms with Crippen molar-refractivity contribution in [1.82, 2.24) is 4.68 Å². The number of hydrogen-bond donors (Lipinski definition) is 0. The fourth-order valence-corrected chi connectivity index (χ4v) is 3.97. The molecular formula is C20H20BrN3O3S. The molecular weight excluding hydrogens is 442 g/mol. The molecule has 2 aromatic carbocycles. The normalized spacial score (nSPS) is 11.8. The number of rotatable bonds is 6. The Morgan fingerprint density at radius 2 is 1.68 bits per heavy atom. The Labute approximate surface area is 175 Å². The number of benzene rings is 2. The van der Waals surface area contributed by atoms with E-state index < -0.39 is 0 Å². The molecule has 0 bridgehead atoms. The monoisotopic (exact) mass is 461 g/mol. The van der Waals surface area contributed by atoms with Crippen molar-refractivity contribution in [2.24, 2.45) is 10.1 Å². The average Bonchev–Trinajstić information content (AvgIpc) is 3.14.